The summed E-state index contributed by atoms with van der Waals surface area (Å²) in [4.78, 5) is 14.3. The van der Waals surface area contributed by atoms with Crippen molar-refractivity contribution in [1.29, 1.82) is 0 Å². The average Bonchev–Trinajstić information content (AvgIpc) is 2.72. The number of amides is 1. The number of hydrogen-bond donors (Lipinski definition) is 1. The number of piperidine rings is 1. The Balaban J connectivity index is 2.10. The number of rotatable bonds is 5. The predicted octanol–water partition coefficient (Wildman–Crippen LogP) is 3.21. The molecule has 118 valence electrons. The Morgan fingerprint density at radius 3 is 2.81 bits per heavy atom. The zero-order valence-electron chi connectivity index (χ0n) is 12.5. The molecular formula is C15H22F2N2OS. The van der Waals surface area contributed by atoms with Crippen LogP contribution in [0, 0.1) is 6.92 Å². The molecule has 1 aromatic rings. The minimum atomic E-state index is -2.67. The van der Waals surface area contributed by atoms with Gasteiger partial charge < -0.3 is 5.73 Å². The van der Waals surface area contributed by atoms with Gasteiger partial charge in [0, 0.05) is 23.2 Å². The van der Waals surface area contributed by atoms with Crippen LogP contribution in [0.15, 0.2) is 5.38 Å². The second-order valence-corrected chi connectivity index (χ2v) is 6.92. The highest BCUT2D eigenvalue weighted by atomic mass is 32.1. The van der Waals surface area contributed by atoms with Crippen molar-refractivity contribution in [2.45, 2.75) is 51.5 Å². The monoisotopic (exact) mass is 316 g/mol. The molecule has 2 rings (SSSR count). The lowest BCUT2D eigenvalue weighted by Crippen LogP contribution is -2.46. The highest BCUT2D eigenvalue weighted by molar-refractivity contribution is 7.10. The lowest BCUT2D eigenvalue weighted by molar-refractivity contribution is -0.0331. The van der Waals surface area contributed by atoms with Crippen molar-refractivity contribution in [3.8, 4) is 0 Å². The summed E-state index contributed by atoms with van der Waals surface area (Å²) in [5.74, 6) is -3.09. The van der Waals surface area contributed by atoms with E-state index in [9.17, 15) is 13.6 Å². The van der Waals surface area contributed by atoms with E-state index in [4.69, 9.17) is 5.73 Å². The summed E-state index contributed by atoms with van der Waals surface area (Å²) in [7, 11) is 0. The standard InChI is InChI=1S/C15H22F2N2OS/c1-10-12(14(18)20)8-21-13(10)7-11-5-3-4-6-19(11)9-15(2,16)17/h8,11H,3-7,9H2,1-2H3,(H2,18,20)/t11-/m1/s1. The summed E-state index contributed by atoms with van der Waals surface area (Å²) in [6.45, 7) is 3.39. The van der Waals surface area contributed by atoms with Gasteiger partial charge in [-0.2, -0.15) is 0 Å². The first-order chi connectivity index (χ1) is 9.78. The fraction of sp³-hybridized carbons (Fsp3) is 0.667. The third kappa shape index (κ3) is 4.23. The number of nitrogens with zero attached hydrogens (tertiary/aromatic N) is 1. The van der Waals surface area contributed by atoms with Gasteiger partial charge >= 0.3 is 0 Å². The molecule has 1 amide bonds. The third-order valence-electron chi connectivity index (χ3n) is 4.06. The Bertz CT molecular complexity index is 510. The highest BCUT2D eigenvalue weighted by Gasteiger charge is 2.31. The molecule has 0 radical (unpaired) electrons. The first-order valence-electron chi connectivity index (χ1n) is 7.26. The fourth-order valence-corrected chi connectivity index (χ4v) is 4.10. The van der Waals surface area contributed by atoms with Gasteiger partial charge in [0.2, 0.25) is 5.91 Å². The number of thiophene rings is 1. The summed E-state index contributed by atoms with van der Waals surface area (Å²) in [6, 6.07) is 0.127. The average molecular weight is 316 g/mol. The maximum atomic E-state index is 13.3. The van der Waals surface area contributed by atoms with E-state index in [-0.39, 0.29) is 12.6 Å². The van der Waals surface area contributed by atoms with Gasteiger partial charge in [-0.3, -0.25) is 9.69 Å². The Labute approximate surface area is 128 Å². The molecule has 0 saturated carbocycles. The molecular weight excluding hydrogens is 294 g/mol. The van der Waals surface area contributed by atoms with Crippen molar-refractivity contribution in [1.82, 2.24) is 4.90 Å². The van der Waals surface area contributed by atoms with Crippen LogP contribution in [-0.2, 0) is 6.42 Å². The van der Waals surface area contributed by atoms with E-state index in [1.165, 1.54) is 11.3 Å². The molecule has 1 fully saturated rings. The van der Waals surface area contributed by atoms with E-state index < -0.39 is 11.8 Å². The molecule has 0 bridgehead atoms. The van der Waals surface area contributed by atoms with Gasteiger partial charge in [0.25, 0.3) is 5.92 Å². The maximum Gasteiger partial charge on any atom is 0.257 e. The number of halogens is 2. The van der Waals surface area contributed by atoms with Crippen molar-refractivity contribution in [2.75, 3.05) is 13.1 Å². The van der Waals surface area contributed by atoms with E-state index in [0.717, 1.165) is 49.6 Å². The largest absolute Gasteiger partial charge is 0.366 e. The SMILES string of the molecule is Cc1c(C(N)=O)csc1C[C@H]1CCCCN1CC(C)(F)F. The molecule has 21 heavy (non-hydrogen) atoms. The van der Waals surface area contributed by atoms with Gasteiger partial charge in [-0.1, -0.05) is 6.42 Å². The molecule has 2 N–H and O–H groups in total. The number of carbonyl (C=O) groups excluding carboxylic acids is 1. The number of carbonyl (C=O) groups is 1. The number of nitrogens with two attached hydrogens (primary N) is 1. The van der Waals surface area contributed by atoms with E-state index in [2.05, 4.69) is 0 Å². The van der Waals surface area contributed by atoms with E-state index in [1.54, 1.807) is 5.38 Å². The lowest BCUT2D eigenvalue weighted by atomic mass is 9.96. The Morgan fingerprint density at radius 2 is 2.24 bits per heavy atom. The van der Waals surface area contributed by atoms with Crippen LogP contribution >= 0.6 is 11.3 Å². The summed E-state index contributed by atoms with van der Waals surface area (Å²) < 4.78 is 26.6. The second kappa shape index (κ2) is 6.40. The number of hydrogen-bond acceptors (Lipinski definition) is 3. The van der Waals surface area contributed by atoms with Crippen LogP contribution in [-0.4, -0.2) is 35.9 Å². The molecule has 0 aliphatic carbocycles. The van der Waals surface area contributed by atoms with Gasteiger partial charge in [-0.15, -0.1) is 11.3 Å². The van der Waals surface area contributed by atoms with Gasteiger partial charge in [0.1, 0.15) is 0 Å². The smallest absolute Gasteiger partial charge is 0.257 e. The first-order valence-corrected chi connectivity index (χ1v) is 8.14. The molecule has 0 aromatic carbocycles. The minimum Gasteiger partial charge on any atom is -0.366 e. The molecule has 6 heteroatoms. The predicted molar refractivity (Wildman–Crippen MR) is 81.1 cm³/mol. The van der Waals surface area contributed by atoms with Crippen LogP contribution in [0.1, 0.15) is 47.0 Å². The van der Waals surface area contributed by atoms with Crippen molar-refractivity contribution in [2.24, 2.45) is 5.73 Å². The second-order valence-electron chi connectivity index (χ2n) is 5.96. The Kier molecular flexibility index (Phi) is 4.99. The van der Waals surface area contributed by atoms with E-state index in [0.29, 0.717) is 5.56 Å². The Morgan fingerprint density at radius 1 is 1.52 bits per heavy atom. The third-order valence-corrected chi connectivity index (χ3v) is 5.17. The fourth-order valence-electron chi connectivity index (χ4n) is 2.97. The van der Waals surface area contributed by atoms with Gasteiger partial charge in [-0.25, -0.2) is 8.78 Å². The summed E-state index contributed by atoms with van der Waals surface area (Å²) in [5, 5.41) is 1.77. The molecule has 1 aliphatic rings. The van der Waals surface area contributed by atoms with Crippen LogP contribution < -0.4 is 5.73 Å². The van der Waals surface area contributed by atoms with Crippen LogP contribution in [0.5, 0.6) is 0 Å². The van der Waals surface area contributed by atoms with Crippen LogP contribution in [0.4, 0.5) is 8.78 Å². The summed E-state index contributed by atoms with van der Waals surface area (Å²) in [5.41, 5.74) is 6.79. The first kappa shape index (κ1) is 16.4. The molecule has 3 nitrogen and oxygen atoms in total. The summed E-state index contributed by atoms with van der Waals surface area (Å²) in [6.07, 6.45) is 3.70. The normalized spacial score (nSPS) is 20.7. The van der Waals surface area contributed by atoms with Gasteiger partial charge in [0.15, 0.2) is 0 Å². The van der Waals surface area contributed by atoms with Crippen molar-refractivity contribution in [3.63, 3.8) is 0 Å². The Hall–Kier alpha value is -1.01. The van der Waals surface area contributed by atoms with Crippen LogP contribution in [0.25, 0.3) is 0 Å². The topological polar surface area (TPSA) is 46.3 Å². The van der Waals surface area contributed by atoms with Crippen molar-refractivity contribution in [3.05, 3.63) is 21.4 Å². The zero-order chi connectivity index (χ0) is 15.6. The lowest BCUT2D eigenvalue weighted by Gasteiger charge is -2.37. The molecule has 1 saturated heterocycles. The maximum absolute atomic E-state index is 13.3. The number of alkyl halides is 2. The van der Waals surface area contributed by atoms with Crippen molar-refractivity contribution >= 4 is 17.2 Å². The van der Waals surface area contributed by atoms with Crippen LogP contribution in [0.3, 0.4) is 0 Å². The highest BCUT2D eigenvalue weighted by Crippen LogP contribution is 2.29. The van der Waals surface area contributed by atoms with Gasteiger partial charge in [0.05, 0.1) is 12.1 Å². The molecule has 1 aliphatic heterocycles. The molecule has 2 heterocycles. The van der Waals surface area contributed by atoms with Crippen LogP contribution in [0.2, 0.25) is 0 Å². The molecule has 1 atom stereocenters. The minimum absolute atomic E-state index is 0.127. The van der Waals surface area contributed by atoms with Gasteiger partial charge in [-0.05, 0) is 38.3 Å². The number of primary amides is 1. The molecule has 0 spiro atoms. The van der Waals surface area contributed by atoms with Crippen molar-refractivity contribution < 1.29 is 13.6 Å². The molecule has 1 aromatic heterocycles. The molecule has 0 unspecified atom stereocenters. The van der Waals surface area contributed by atoms with E-state index >= 15 is 0 Å². The quantitative estimate of drug-likeness (QED) is 0.906. The van der Waals surface area contributed by atoms with E-state index in [1.807, 2.05) is 11.8 Å². The zero-order valence-corrected chi connectivity index (χ0v) is 13.3. The summed E-state index contributed by atoms with van der Waals surface area (Å²) >= 11 is 1.50. The number of likely N-dealkylation sites (tertiary alicyclic amines) is 1.